The van der Waals surface area contributed by atoms with Gasteiger partial charge < -0.3 is 14.6 Å². The largest absolute Gasteiger partial charge is 0.374 e. The van der Waals surface area contributed by atoms with E-state index in [1.807, 2.05) is 14.0 Å². The molecule has 0 amide bonds. The van der Waals surface area contributed by atoms with Crippen LogP contribution in [0.1, 0.15) is 37.6 Å². The predicted molar refractivity (Wildman–Crippen MR) is 59.0 cm³/mol. The summed E-state index contributed by atoms with van der Waals surface area (Å²) >= 11 is 0. The fourth-order valence-corrected chi connectivity index (χ4v) is 1.81. The minimum atomic E-state index is -0.105. The Balaban J connectivity index is 1.95. The minimum Gasteiger partial charge on any atom is -0.374 e. The third-order valence-electron chi connectivity index (χ3n) is 3.16. The topological polar surface area (TPSA) is 60.2 Å². The number of methoxy groups -OCH3 is 1. The monoisotopic (exact) mass is 225 g/mol. The van der Waals surface area contributed by atoms with E-state index in [4.69, 9.17) is 9.26 Å². The molecule has 1 heterocycles. The van der Waals surface area contributed by atoms with Crippen LogP contribution in [0.4, 0.5) is 0 Å². The molecule has 1 aliphatic carbocycles. The van der Waals surface area contributed by atoms with E-state index in [9.17, 15) is 0 Å². The minimum absolute atomic E-state index is 0.105. The summed E-state index contributed by atoms with van der Waals surface area (Å²) in [6.07, 6.45) is 3.32. The lowest BCUT2D eigenvalue weighted by molar-refractivity contribution is 0.109. The van der Waals surface area contributed by atoms with Crippen LogP contribution in [0, 0.1) is 5.92 Å². The van der Waals surface area contributed by atoms with Crippen LogP contribution in [0.15, 0.2) is 4.52 Å². The molecule has 1 aromatic heterocycles. The van der Waals surface area contributed by atoms with E-state index in [0.29, 0.717) is 17.8 Å². The van der Waals surface area contributed by atoms with Gasteiger partial charge in [0, 0.05) is 19.6 Å². The predicted octanol–water partition coefficient (Wildman–Crippen LogP) is 1.32. The molecular weight excluding hydrogens is 206 g/mol. The third-order valence-corrected chi connectivity index (χ3v) is 3.16. The van der Waals surface area contributed by atoms with Gasteiger partial charge in [-0.2, -0.15) is 4.98 Å². The van der Waals surface area contributed by atoms with Gasteiger partial charge in [0.25, 0.3) is 0 Å². The first-order chi connectivity index (χ1) is 7.74. The maximum Gasteiger partial charge on any atom is 0.228 e. The average Bonchev–Trinajstić information content (AvgIpc) is 3.04. The van der Waals surface area contributed by atoms with Gasteiger partial charge in [-0.25, -0.2) is 0 Å². The Morgan fingerprint density at radius 3 is 2.88 bits per heavy atom. The van der Waals surface area contributed by atoms with Gasteiger partial charge in [-0.05, 0) is 32.7 Å². The van der Waals surface area contributed by atoms with Crippen LogP contribution < -0.4 is 5.32 Å². The Hall–Kier alpha value is -0.940. The van der Waals surface area contributed by atoms with Crippen molar-refractivity contribution >= 4 is 0 Å². The van der Waals surface area contributed by atoms with E-state index in [1.165, 1.54) is 12.8 Å². The fourth-order valence-electron chi connectivity index (χ4n) is 1.81. The van der Waals surface area contributed by atoms with Crippen LogP contribution >= 0.6 is 0 Å². The molecule has 2 unspecified atom stereocenters. The molecule has 1 aliphatic rings. The second-order valence-electron chi connectivity index (χ2n) is 4.36. The molecule has 2 atom stereocenters. The molecule has 5 nitrogen and oxygen atoms in total. The molecule has 0 aromatic carbocycles. The first-order valence-electron chi connectivity index (χ1n) is 5.77. The van der Waals surface area contributed by atoms with E-state index in [2.05, 4.69) is 15.5 Å². The van der Waals surface area contributed by atoms with Crippen LogP contribution in [0.3, 0.4) is 0 Å². The molecule has 0 spiro atoms. The van der Waals surface area contributed by atoms with Crippen molar-refractivity contribution in [1.82, 2.24) is 15.5 Å². The first-order valence-corrected chi connectivity index (χ1v) is 5.77. The highest BCUT2D eigenvalue weighted by Gasteiger charge is 2.31. The molecule has 1 saturated carbocycles. The Morgan fingerprint density at radius 1 is 1.56 bits per heavy atom. The van der Waals surface area contributed by atoms with Gasteiger partial charge >= 0.3 is 0 Å². The number of aromatic nitrogens is 2. The molecule has 90 valence electrons. The quantitative estimate of drug-likeness (QED) is 0.791. The van der Waals surface area contributed by atoms with Crippen molar-refractivity contribution in [3.63, 3.8) is 0 Å². The number of hydrogen-bond acceptors (Lipinski definition) is 5. The molecule has 0 bridgehead atoms. The van der Waals surface area contributed by atoms with Gasteiger partial charge in [0.1, 0.15) is 6.10 Å². The van der Waals surface area contributed by atoms with Crippen molar-refractivity contribution in [2.24, 2.45) is 5.92 Å². The van der Waals surface area contributed by atoms with Crippen molar-refractivity contribution in [3.8, 4) is 0 Å². The Bertz CT molecular complexity index is 336. The zero-order valence-corrected chi connectivity index (χ0v) is 10.1. The van der Waals surface area contributed by atoms with Gasteiger partial charge in [0.15, 0.2) is 5.82 Å². The van der Waals surface area contributed by atoms with E-state index >= 15 is 0 Å². The van der Waals surface area contributed by atoms with Gasteiger partial charge in [-0.1, -0.05) is 5.16 Å². The summed E-state index contributed by atoms with van der Waals surface area (Å²) in [6.45, 7) is 1.91. The van der Waals surface area contributed by atoms with E-state index in [1.54, 1.807) is 7.11 Å². The van der Waals surface area contributed by atoms with Crippen molar-refractivity contribution in [3.05, 3.63) is 11.7 Å². The smallest absolute Gasteiger partial charge is 0.228 e. The Kier molecular flexibility index (Phi) is 3.56. The number of nitrogens with zero attached hydrogens (tertiary/aromatic N) is 2. The fraction of sp³-hybridized carbons (Fsp3) is 0.818. The molecular formula is C11H19N3O2. The van der Waals surface area contributed by atoms with E-state index < -0.39 is 0 Å². The van der Waals surface area contributed by atoms with Crippen LogP contribution in [-0.4, -0.2) is 30.3 Å². The molecule has 0 saturated heterocycles. The van der Waals surface area contributed by atoms with Crippen LogP contribution in [0.5, 0.6) is 0 Å². The second-order valence-corrected chi connectivity index (χ2v) is 4.36. The van der Waals surface area contributed by atoms with Crippen LogP contribution in [0.2, 0.25) is 0 Å². The average molecular weight is 225 g/mol. The van der Waals surface area contributed by atoms with Crippen LogP contribution in [-0.2, 0) is 11.2 Å². The second kappa shape index (κ2) is 4.93. The lowest BCUT2D eigenvalue weighted by Gasteiger charge is -2.11. The summed E-state index contributed by atoms with van der Waals surface area (Å²) in [5.41, 5.74) is 0. The van der Waals surface area contributed by atoms with E-state index in [0.717, 1.165) is 12.3 Å². The maximum absolute atomic E-state index is 5.22. The third kappa shape index (κ3) is 2.59. The molecule has 5 heteroatoms. The van der Waals surface area contributed by atoms with E-state index in [-0.39, 0.29) is 6.10 Å². The SMILES string of the molecule is CNC(Cc1nc(C(C)OC)no1)C1CC1. The molecule has 16 heavy (non-hydrogen) atoms. The number of nitrogens with one attached hydrogen (secondary N) is 1. The molecule has 2 rings (SSSR count). The van der Waals surface area contributed by atoms with Gasteiger partial charge in [-0.3, -0.25) is 0 Å². The van der Waals surface area contributed by atoms with Gasteiger partial charge in [0.2, 0.25) is 5.89 Å². The summed E-state index contributed by atoms with van der Waals surface area (Å²) in [7, 11) is 3.62. The highest BCUT2D eigenvalue weighted by atomic mass is 16.5. The zero-order valence-electron chi connectivity index (χ0n) is 10.1. The lowest BCUT2D eigenvalue weighted by Crippen LogP contribution is -2.29. The van der Waals surface area contributed by atoms with Crippen molar-refractivity contribution in [2.45, 2.75) is 38.3 Å². The molecule has 1 aromatic rings. The van der Waals surface area contributed by atoms with Crippen molar-refractivity contribution < 1.29 is 9.26 Å². The van der Waals surface area contributed by atoms with Gasteiger partial charge in [0.05, 0.1) is 0 Å². The Labute approximate surface area is 95.6 Å². The summed E-state index contributed by atoms with van der Waals surface area (Å²) in [4.78, 5) is 4.34. The van der Waals surface area contributed by atoms with Crippen LogP contribution in [0.25, 0.3) is 0 Å². The molecule has 1 N–H and O–H groups in total. The molecule has 0 aliphatic heterocycles. The zero-order chi connectivity index (χ0) is 11.5. The molecule has 1 fully saturated rings. The highest BCUT2D eigenvalue weighted by molar-refractivity contribution is 4.96. The first kappa shape index (κ1) is 11.5. The number of ether oxygens (including phenoxy) is 1. The standard InChI is InChI=1S/C11H19N3O2/c1-7(15-3)11-13-10(16-14-11)6-9(12-2)8-4-5-8/h7-9,12H,4-6H2,1-3H3. The lowest BCUT2D eigenvalue weighted by atomic mass is 10.1. The maximum atomic E-state index is 5.22. The number of hydrogen-bond donors (Lipinski definition) is 1. The van der Waals surface area contributed by atoms with Crippen molar-refractivity contribution in [2.75, 3.05) is 14.2 Å². The normalized spacial score (nSPS) is 19.7. The summed E-state index contributed by atoms with van der Waals surface area (Å²) < 4.78 is 10.4. The summed E-state index contributed by atoms with van der Waals surface area (Å²) in [5, 5.41) is 7.22. The highest BCUT2D eigenvalue weighted by Crippen LogP contribution is 2.33. The van der Waals surface area contributed by atoms with Crippen molar-refractivity contribution in [1.29, 1.82) is 0 Å². The molecule has 0 radical (unpaired) electrons. The van der Waals surface area contributed by atoms with Gasteiger partial charge in [-0.15, -0.1) is 0 Å². The number of likely N-dealkylation sites (N-methyl/N-ethyl adjacent to an activating group) is 1. The summed E-state index contributed by atoms with van der Waals surface area (Å²) in [6, 6.07) is 0.464. The number of rotatable bonds is 6. The summed E-state index contributed by atoms with van der Waals surface area (Å²) in [5.74, 6) is 2.11. The Morgan fingerprint density at radius 2 is 2.31 bits per heavy atom.